The lowest BCUT2D eigenvalue weighted by Crippen LogP contribution is -2.32. The van der Waals surface area contributed by atoms with Gasteiger partial charge in [-0.3, -0.25) is 4.79 Å². The van der Waals surface area contributed by atoms with Crippen LogP contribution in [0.3, 0.4) is 0 Å². The molecule has 0 unspecified atom stereocenters. The zero-order chi connectivity index (χ0) is 23.0. The van der Waals surface area contributed by atoms with E-state index in [0.29, 0.717) is 19.5 Å². The number of rotatable bonds is 9. The van der Waals surface area contributed by atoms with Crippen molar-refractivity contribution in [2.45, 2.75) is 33.0 Å². The van der Waals surface area contributed by atoms with Crippen LogP contribution >= 0.6 is 0 Å². The summed E-state index contributed by atoms with van der Waals surface area (Å²) in [6.07, 6.45) is 2.45. The molecule has 4 heteroatoms. The number of ether oxygens (including phenoxy) is 1. The summed E-state index contributed by atoms with van der Waals surface area (Å²) in [7, 11) is 1.65. The maximum absolute atomic E-state index is 13.4. The van der Waals surface area contributed by atoms with Crippen LogP contribution in [0.15, 0.2) is 97.2 Å². The van der Waals surface area contributed by atoms with Crippen molar-refractivity contribution in [3.8, 4) is 5.75 Å². The van der Waals surface area contributed by atoms with Crippen LogP contribution in [0.1, 0.15) is 27.9 Å². The van der Waals surface area contributed by atoms with Gasteiger partial charge in [-0.15, -0.1) is 0 Å². The lowest BCUT2D eigenvalue weighted by Gasteiger charge is -2.24. The minimum atomic E-state index is 0.104. The topological polar surface area (TPSA) is 34.5 Å². The molecule has 0 fully saturated rings. The monoisotopic (exact) mass is 438 g/mol. The molecule has 0 aliphatic heterocycles. The van der Waals surface area contributed by atoms with E-state index in [2.05, 4.69) is 66.2 Å². The Morgan fingerprint density at radius 3 is 2.27 bits per heavy atom. The second kappa shape index (κ2) is 10.7. The highest BCUT2D eigenvalue weighted by atomic mass is 16.5. The molecule has 4 rings (SSSR count). The zero-order valence-electron chi connectivity index (χ0n) is 19.3. The van der Waals surface area contributed by atoms with E-state index in [4.69, 9.17) is 4.74 Å². The summed E-state index contributed by atoms with van der Waals surface area (Å²) in [5, 5.41) is 0. The van der Waals surface area contributed by atoms with Crippen molar-refractivity contribution in [3.05, 3.63) is 125 Å². The van der Waals surface area contributed by atoms with Crippen molar-refractivity contribution >= 4 is 5.91 Å². The average molecular weight is 439 g/mol. The number of hydrogen-bond acceptors (Lipinski definition) is 2. The van der Waals surface area contributed by atoms with Gasteiger partial charge in [0.05, 0.1) is 20.1 Å². The molecule has 1 heterocycles. The third kappa shape index (κ3) is 5.92. The minimum absolute atomic E-state index is 0.104. The fourth-order valence-electron chi connectivity index (χ4n) is 3.98. The molecule has 3 aromatic carbocycles. The molecule has 168 valence electrons. The Morgan fingerprint density at radius 2 is 1.55 bits per heavy atom. The van der Waals surface area contributed by atoms with Crippen LogP contribution in [0.4, 0.5) is 0 Å². The third-order valence-electron chi connectivity index (χ3n) is 5.96. The molecule has 0 saturated carbocycles. The molecule has 0 aliphatic rings. The maximum Gasteiger partial charge on any atom is 0.227 e. The van der Waals surface area contributed by atoms with Crippen molar-refractivity contribution in [2.24, 2.45) is 0 Å². The Kier molecular flexibility index (Phi) is 7.26. The fourth-order valence-corrected chi connectivity index (χ4v) is 3.98. The van der Waals surface area contributed by atoms with Crippen LogP contribution in [0, 0.1) is 6.92 Å². The number of carbonyl (C=O) groups is 1. The fraction of sp³-hybridized carbons (Fsp3) is 0.207. The van der Waals surface area contributed by atoms with Crippen molar-refractivity contribution < 1.29 is 9.53 Å². The Morgan fingerprint density at radius 1 is 0.818 bits per heavy atom. The number of benzene rings is 3. The van der Waals surface area contributed by atoms with E-state index in [1.54, 1.807) is 7.11 Å². The lowest BCUT2D eigenvalue weighted by molar-refractivity contribution is -0.131. The maximum atomic E-state index is 13.4. The van der Waals surface area contributed by atoms with E-state index in [1.165, 1.54) is 11.1 Å². The van der Waals surface area contributed by atoms with Crippen LogP contribution < -0.4 is 4.74 Å². The smallest absolute Gasteiger partial charge is 0.227 e. The van der Waals surface area contributed by atoms with Crippen molar-refractivity contribution in [1.29, 1.82) is 0 Å². The van der Waals surface area contributed by atoms with E-state index in [-0.39, 0.29) is 5.91 Å². The standard InChI is InChI=1S/C29H30N2O2/c1-23-9-6-7-12-26(23)21-30-18-8-13-27(30)22-31(20-25-10-4-3-5-11-25)29(32)19-24-14-16-28(33-2)17-15-24/h3-18H,19-22H2,1-2H3. The van der Waals surface area contributed by atoms with Crippen LogP contribution in [-0.4, -0.2) is 22.5 Å². The van der Waals surface area contributed by atoms with Crippen LogP contribution in [0.5, 0.6) is 5.75 Å². The SMILES string of the molecule is COc1ccc(CC(=O)N(Cc2ccccc2)Cc2cccn2Cc2ccccc2C)cc1. The van der Waals surface area contributed by atoms with Crippen molar-refractivity contribution in [3.63, 3.8) is 0 Å². The van der Waals surface area contributed by atoms with Crippen LogP contribution in [-0.2, 0) is 30.8 Å². The van der Waals surface area contributed by atoms with Crippen molar-refractivity contribution in [2.75, 3.05) is 7.11 Å². The molecule has 0 radical (unpaired) electrons. The summed E-state index contributed by atoms with van der Waals surface area (Å²) in [5.41, 5.74) is 5.78. The summed E-state index contributed by atoms with van der Waals surface area (Å²) in [4.78, 5) is 15.4. The molecule has 0 bridgehead atoms. The molecule has 0 N–H and O–H groups in total. The Hall–Kier alpha value is -3.79. The molecule has 33 heavy (non-hydrogen) atoms. The second-order valence-electron chi connectivity index (χ2n) is 8.31. The van der Waals surface area contributed by atoms with E-state index in [9.17, 15) is 4.79 Å². The van der Waals surface area contributed by atoms with Crippen LogP contribution in [0.2, 0.25) is 0 Å². The first-order chi connectivity index (χ1) is 16.1. The number of amides is 1. The summed E-state index contributed by atoms with van der Waals surface area (Å²) in [6.45, 7) is 4.06. The predicted octanol–water partition coefficient (Wildman–Crippen LogP) is 5.62. The zero-order valence-corrected chi connectivity index (χ0v) is 19.3. The molecule has 0 spiro atoms. The average Bonchev–Trinajstić information content (AvgIpc) is 3.28. The van der Waals surface area contributed by atoms with Gasteiger partial charge in [0.1, 0.15) is 5.75 Å². The van der Waals surface area contributed by atoms with Gasteiger partial charge in [-0.1, -0.05) is 66.7 Å². The highest BCUT2D eigenvalue weighted by Crippen LogP contribution is 2.17. The van der Waals surface area contributed by atoms with Gasteiger partial charge in [-0.25, -0.2) is 0 Å². The molecular formula is C29H30N2O2. The highest BCUT2D eigenvalue weighted by molar-refractivity contribution is 5.78. The van der Waals surface area contributed by atoms with Gasteiger partial charge in [-0.2, -0.15) is 0 Å². The van der Waals surface area contributed by atoms with Gasteiger partial charge >= 0.3 is 0 Å². The van der Waals surface area contributed by atoms with E-state index in [1.807, 2.05) is 47.4 Å². The Balaban J connectivity index is 1.54. The van der Waals surface area contributed by atoms with Gasteiger partial charge in [0.15, 0.2) is 0 Å². The Labute approximate surface area is 196 Å². The first kappa shape index (κ1) is 22.4. The van der Waals surface area contributed by atoms with Gasteiger partial charge in [0.2, 0.25) is 5.91 Å². The van der Waals surface area contributed by atoms with E-state index in [0.717, 1.165) is 29.1 Å². The highest BCUT2D eigenvalue weighted by Gasteiger charge is 2.17. The molecule has 1 amide bonds. The predicted molar refractivity (Wildman–Crippen MR) is 132 cm³/mol. The normalized spacial score (nSPS) is 10.7. The molecule has 0 aliphatic carbocycles. The summed E-state index contributed by atoms with van der Waals surface area (Å²) < 4.78 is 7.48. The number of methoxy groups -OCH3 is 1. The molecule has 0 atom stereocenters. The van der Waals surface area contributed by atoms with Gasteiger partial charge in [-0.05, 0) is 53.4 Å². The summed E-state index contributed by atoms with van der Waals surface area (Å²) in [6, 6.07) is 30.5. The third-order valence-corrected chi connectivity index (χ3v) is 5.96. The first-order valence-electron chi connectivity index (χ1n) is 11.3. The quantitative estimate of drug-likeness (QED) is 0.340. The molecule has 1 aromatic heterocycles. The molecule has 4 aromatic rings. The Bertz CT molecular complexity index is 1180. The second-order valence-corrected chi connectivity index (χ2v) is 8.31. The summed E-state index contributed by atoms with van der Waals surface area (Å²) >= 11 is 0. The van der Waals surface area contributed by atoms with E-state index >= 15 is 0 Å². The number of aryl methyl sites for hydroxylation is 1. The first-order valence-corrected chi connectivity index (χ1v) is 11.3. The van der Waals surface area contributed by atoms with Crippen molar-refractivity contribution in [1.82, 2.24) is 9.47 Å². The number of aromatic nitrogens is 1. The van der Waals surface area contributed by atoms with E-state index < -0.39 is 0 Å². The molecule has 0 saturated heterocycles. The number of carbonyl (C=O) groups excluding carboxylic acids is 1. The van der Waals surface area contributed by atoms with Gasteiger partial charge in [0.25, 0.3) is 0 Å². The minimum Gasteiger partial charge on any atom is -0.497 e. The molecular weight excluding hydrogens is 408 g/mol. The van der Waals surface area contributed by atoms with Gasteiger partial charge in [0, 0.05) is 25.0 Å². The summed E-state index contributed by atoms with van der Waals surface area (Å²) in [5.74, 6) is 0.897. The molecule has 4 nitrogen and oxygen atoms in total. The number of nitrogens with zero attached hydrogens (tertiary/aromatic N) is 2. The lowest BCUT2D eigenvalue weighted by atomic mass is 10.1. The number of hydrogen-bond donors (Lipinski definition) is 0. The van der Waals surface area contributed by atoms with Gasteiger partial charge < -0.3 is 14.2 Å². The largest absolute Gasteiger partial charge is 0.497 e. The van der Waals surface area contributed by atoms with Crippen LogP contribution in [0.25, 0.3) is 0 Å².